The van der Waals surface area contributed by atoms with Gasteiger partial charge in [-0.05, 0) is 19.1 Å². The van der Waals surface area contributed by atoms with Crippen molar-refractivity contribution in [2.45, 2.75) is 30.8 Å². The SMILES string of the molecule is COC(=O)C(C)NC(=O)C1CN(S(=O)(=O)c2ccccc2)CCN1C(C)=O. The molecule has 1 aromatic carbocycles. The number of ether oxygens (including phenoxy) is 1. The molecule has 2 amide bonds. The van der Waals surface area contributed by atoms with Crippen molar-refractivity contribution >= 4 is 27.8 Å². The number of benzene rings is 1. The van der Waals surface area contributed by atoms with Crippen molar-refractivity contribution < 1.29 is 27.5 Å². The zero-order chi connectivity index (χ0) is 20.2. The summed E-state index contributed by atoms with van der Waals surface area (Å²) >= 11 is 0. The predicted molar refractivity (Wildman–Crippen MR) is 96.0 cm³/mol. The monoisotopic (exact) mass is 397 g/mol. The molecule has 1 aliphatic heterocycles. The smallest absolute Gasteiger partial charge is 0.328 e. The van der Waals surface area contributed by atoms with Gasteiger partial charge in [-0.15, -0.1) is 0 Å². The van der Waals surface area contributed by atoms with E-state index in [4.69, 9.17) is 0 Å². The lowest BCUT2D eigenvalue weighted by molar-refractivity contribution is -0.147. The van der Waals surface area contributed by atoms with Crippen LogP contribution in [0.2, 0.25) is 0 Å². The standard InChI is InChI=1S/C17H23N3O6S/c1-12(17(23)26-3)18-16(22)15-11-19(9-10-20(15)13(2)21)27(24,25)14-7-5-4-6-8-14/h4-8,12,15H,9-11H2,1-3H3,(H,18,22). The van der Waals surface area contributed by atoms with E-state index in [0.717, 1.165) is 0 Å². The van der Waals surface area contributed by atoms with Crippen molar-refractivity contribution in [2.24, 2.45) is 0 Å². The number of piperazine rings is 1. The minimum absolute atomic E-state index is 0.0755. The number of hydrogen-bond acceptors (Lipinski definition) is 6. The fraction of sp³-hybridized carbons (Fsp3) is 0.471. The Bertz CT molecular complexity index is 811. The van der Waals surface area contributed by atoms with Crippen LogP contribution in [0.4, 0.5) is 0 Å². The van der Waals surface area contributed by atoms with Crippen LogP contribution in [0.15, 0.2) is 35.2 Å². The van der Waals surface area contributed by atoms with Gasteiger partial charge in [0, 0.05) is 26.6 Å². The Morgan fingerprint density at radius 1 is 1.19 bits per heavy atom. The normalized spacial score (nSPS) is 19.2. The Morgan fingerprint density at radius 3 is 2.37 bits per heavy atom. The quantitative estimate of drug-likeness (QED) is 0.676. The Labute approximate surface area is 158 Å². The fourth-order valence-electron chi connectivity index (χ4n) is 2.86. The van der Waals surface area contributed by atoms with Gasteiger partial charge in [0.15, 0.2) is 0 Å². The van der Waals surface area contributed by atoms with Crippen LogP contribution in [0.25, 0.3) is 0 Å². The molecule has 2 rings (SSSR count). The van der Waals surface area contributed by atoms with Crippen molar-refractivity contribution in [3.8, 4) is 0 Å². The summed E-state index contributed by atoms with van der Waals surface area (Å²) in [6.07, 6.45) is 0. The van der Waals surface area contributed by atoms with Gasteiger partial charge in [0.1, 0.15) is 12.1 Å². The van der Waals surface area contributed by atoms with Crippen LogP contribution in [0.1, 0.15) is 13.8 Å². The van der Waals surface area contributed by atoms with Gasteiger partial charge in [-0.2, -0.15) is 4.31 Å². The zero-order valence-electron chi connectivity index (χ0n) is 15.4. The predicted octanol–water partition coefficient (Wildman–Crippen LogP) is -0.414. The molecule has 0 spiro atoms. The third-order valence-corrected chi connectivity index (χ3v) is 6.22. The second-order valence-electron chi connectivity index (χ2n) is 6.16. The van der Waals surface area contributed by atoms with E-state index in [1.54, 1.807) is 18.2 Å². The number of rotatable bonds is 5. The average molecular weight is 397 g/mol. The molecule has 1 N–H and O–H groups in total. The number of carbonyl (C=O) groups excluding carboxylic acids is 3. The fourth-order valence-corrected chi connectivity index (χ4v) is 4.32. The van der Waals surface area contributed by atoms with E-state index >= 15 is 0 Å². The highest BCUT2D eigenvalue weighted by molar-refractivity contribution is 7.89. The molecule has 148 valence electrons. The molecule has 0 aromatic heterocycles. The van der Waals surface area contributed by atoms with E-state index in [9.17, 15) is 22.8 Å². The number of sulfonamides is 1. The minimum Gasteiger partial charge on any atom is -0.467 e. The summed E-state index contributed by atoms with van der Waals surface area (Å²) in [5.74, 6) is -1.60. The van der Waals surface area contributed by atoms with E-state index < -0.39 is 34.0 Å². The number of methoxy groups -OCH3 is 1. The van der Waals surface area contributed by atoms with Crippen molar-refractivity contribution in [2.75, 3.05) is 26.7 Å². The van der Waals surface area contributed by atoms with Gasteiger partial charge in [-0.25, -0.2) is 13.2 Å². The van der Waals surface area contributed by atoms with Crippen molar-refractivity contribution in [1.82, 2.24) is 14.5 Å². The first-order chi connectivity index (χ1) is 12.7. The van der Waals surface area contributed by atoms with E-state index in [2.05, 4.69) is 10.1 Å². The summed E-state index contributed by atoms with van der Waals surface area (Å²) in [7, 11) is -2.61. The molecule has 1 saturated heterocycles. The van der Waals surface area contributed by atoms with Crippen LogP contribution in [-0.4, -0.2) is 74.2 Å². The third-order valence-electron chi connectivity index (χ3n) is 4.34. The van der Waals surface area contributed by atoms with Crippen LogP contribution in [0.5, 0.6) is 0 Å². The molecule has 0 radical (unpaired) electrons. The lowest BCUT2D eigenvalue weighted by atomic mass is 10.1. The number of nitrogens with one attached hydrogen (secondary N) is 1. The molecule has 27 heavy (non-hydrogen) atoms. The molecule has 0 saturated carbocycles. The summed E-state index contributed by atoms with van der Waals surface area (Å²) < 4.78 is 31.4. The first kappa shape index (κ1) is 20.8. The lowest BCUT2D eigenvalue weighted by Crippen LogP contribution is -2.62. The Morgan fingerprint density at radius 2 is 1.81 bits per heavy atom. The van der Waals surface area contributed by atoms with Gasteiger partial charge in [0.05, 0.1) is 12.0 Å². The minimum atomic E-state index is -3.80. The highest BCUT2D eigenvalue weighted by Crippen LogP contribution is 2.20. The van der Waals surface area contributed by atoms with Crippen molar-refractivity contribution in [3.63, 3.8) is 0 Å². The molecule has 2 unspecified atom stereocenters. The van der Waals surface area contributed by atoms with Gasteiger partial charge >= 0.3 is 5.97 Å². The number of nitrogens with zero attached hydrogens (tertiary/aromatic N) is 2. The number of carbonyl (C=O) groups is 3. The first-order valence-corrected chi connectivity index (χ1v) is 9.83. The Hall–Kier alpha value is -2.46. The van der Waals surface area contributed by atoms with Crippen LogP contribution in [0.3, 0.4) is 0 Å². The Kier molecular flexibility index (Phi) is 6.55. The molecule has 0 bridgehead atoms. The maximum atomic E-state index is 12.8. The van der Waals surface area contributed by atoms with Gasteiger partial charge in [0.25, 0.3) is 0 Å². The largest absolute Gasteiger partial charge is 0.467 e. The molecule has 10 heteroatoms. The maximum absolute atomic E-state index is 12.8. The molecule has 1 heterocycles. The summed E-state index contributed by atoms with van der Waals surface area (Å²) in [4.78, 5) is 37.5. The second kappa shape index (κ2) is 8.49. The molecule has 9 nitrogen and oxygen atoms in total. The summed E-state index contributed by atoms with van der Waals surface area (Å²) in [6, 6.07) is 5.92. The number of esters is 1. The summed E-state index contributed by atoms with van der Waals surface area (Å²) in [6.45, 7) is 2.71. The van der Waals surface area contributed by atoms with Crippen LogP contribution in [0, 0.1) is 0 Å². The van der Waals surface area contributed by atoms with Gasteiger partial charge in [-0.1, -0.05) is 18.2 Å². The van der Waals surface area contributed by atoms with E-state index in [0.29, 0.717) is 0 Å². The summed E-state index contributed by atoms with van der Waals surface area (Å²) in [5.41, 5.74) is 0. The number of amides is 2. The Balaban J connectivity index is 2.23. The van der Waals surface area contributed by atoms with E-state index in [1.165, 1.54) is 42.3 Å². The zero-order valence-corrected chi connectivity index (χ0v) is 16.2. The molecular weight excluding hydrogens is 374 g/mol. The molecule has 0 aliphatic carbocycles. The number of hydrogen-bond donors (Lipinski definition) is 1. The van der Waals surface area contributed by atoms with E-state index in [-0.39, 0.29) is 30.4 Å². The van der Waals surface area contributed by atoms with Crippen LogP contribution < -0.4 is 5.32 Å². The molecule has 1 aromatic rings. The highest BCUT2D eigenvalue weighted by Gasteiger charge is 2.39. The first-order valence-electron chi connectivity index (χ1n) is 8.39. The summed E-state index contributed by atoms with van der Waals surface area (Å²) in [5, 5.41) is 2.47. The van der Waals surface area contributed by atoms with E-state index in [1.807, 2.05) is 0 Å². The van der Waals surface area contributed by atoms with Gasteiger partial charge in [-0.3, -0.25) is 9.59 Å². The van der Waals surface area contributed by atoms with Crippen LogP contribution >= 0.6 is 0 Å². The lowest BCUT2D eigenvalue weighted by Gasteiger charge is -2.39. The molecule has 1 aliphatic rings. The van der Waals surface area contributed by atoms with Crippen molar-refractivity contribution in [1.29, 1.82) is 0 Å². The van der Waals surface area contributed by atoms with Gasteiger partial charge in [0.2, 0.25) is 21.8 Å². The highest BCUT2D eigenvalue weighted by atomic mass is 32.2. The average Bonchev–Trinajstić information content (AvgIpc) is 2.67. The molecular formula is C17H23N3O6S. The molecule has 1 fully saturated rings. The second-order valence-corrected chi connectivity index (χ2v) is 8.10. The topological polar surface area (TPSA) is 113 Å². The van der Waals surface area contributed by atoms with Crippen LogP contribution in [-0.2, 0) is 29.1 Å². The van der Waals surface area contributed by atoms with Gasteiger partial charge < -0.3 is 15.0 Å². The third kappa shape index (κ3) is 4.64. The van der Waals surface area contributed by atoms with Crippen molar-refractivity contribution in [3.05, 3.63) is 30.3 Å². The maximum Gasteiger partial charge on any atom is 0.328 e. The molecule has 2 atom stereocenters.